The zero-order valence-corrected chi connectivity index (χ0v) is 18.5. The molecular weight excluding hydrogens is 394 g/mol. The summed E-state index contributed by atoms with van der Waals surface area (Å²) in [5, 5.41) is 12.3. The highest BCUT2D eigenvalue weighted by Crippen LogP contribution is 2.60. The van der Waals surface area contributed by atoms with E-state index in [0.29, 0.717) is 11.0 Å². The monoisotopic (exact) mass is 425 g/mol. The lowest BCUT2D eigenvalue weighted by Gasteiger charge is -2.55. The van der Waals surface area contributed by atoms with Gasteiger partial charge in [0.15, 0.2) is 0 Å². The van der Waals surface area contributed by atoms with Gasteiger partial charge in [0, 0.05) is 11.5 Å². The van der Waals surface area contributed by atoms with Crippen LogP contribution in [-0.2, 0) is 16.6 Å². The molecule has 0 saturated heterocycles. The van der Waals surface area contributed by atoms with E-state index >= 15 is 0 Å². The predicted molar refractivity (Wildman–Crippen MR) is 117 cm³/mol. The number of carbonyl (C=O) groups is 1. The van der Waals surface area contributed by atoms with E-state index in [4.69, 9.17) is 4.42 Å². The van der Waals surface area contributed by atoms with Crippen molar-refractivity contribution in [3.05, 3.63) is 41.8 Å². The van der Waals surface area contributed by atoms with Gasteiger partial charge in [-0.3, -0.25) is 4.79 Å². The molecule has 160 valence electrons. The average Bonchev–Trinajstić information content (AvgIpc) is 3.21. The van der Waals surface area contributed by atoms with E-state index in [9.17, 15) is 4.79 Å². The summed E-state index contributed by atoms with van der Waals surface area (Å²) in [5.41, 5.74) is 1.42. The third kappa shape index (κ3) is 4.29. The van der Waals surface area contributed by atoms with Crippen LogP contribution in [0.15, 0.2) is 40.0 Å². The number of aromatic nitrogens is 2. The maximum Gasteiger partial charge on any atom is 0.277 e. The molecule has 4 aliphatic rings. The highest BCUT2D eigenvalue weighted by Gasteiger charge is 2.54. The van der Waals surface area contributed by atoms with Crippen molar-refractivity contribution >= 4 is 17.7 Å². The highest BCUT2D eigenvalue weighted by atomic mass is 32.2. The van der Waals surface area contributed by atoms with Crippen molar-refractivity contribution in [2.75, 3.05) is 5.75 Å². The Morgan fingerprint density at radius 2 is 1.80 bits per heavy atom. The topological polar surface area (TPSA) is 68.0 Å². The van der Waals surface area contributed by atoms with Crippen LogP contribution in [0.5, 0.6) is 0 Å². The van der Waals surface area contributed by atoms with E-state index in [1.54, 1.807) is 0 Å². The van der Waals surface area contributed by atoms with E-state index in [0.717, 1.165) is 36.5 Å². The quantitative estimate of drug-likeness (QED) is 0.617. The van der Waals surface area contributed by atoms with Gasteiger partial charge in [-0.05, 0) is 81.6 Å². The van der Waals surface area contributed by atoms with Gasteiger partial charge in [0.1, 0.15) is 0 Å². The molecule has 1 heterocycles. The summed E-state index contributed by atoms with van der Waals surface area (Å²) in [5.74, 6) is 3.72. The number of aryl methyl sites for hydroxylation is 1. The first-order chi connectivity index (χ1) is 14.6. The number of carbonyl (C=O) groups excluding carboxylic acids is 1. The van der Waals surface area contributed by atoms with Gasteiger partial charge in [-0.15, -0.1) is 10.2 Å². The first kappa shape index (κ1) is 20.1. The standard InChI is InChI=1S/C24H31N3O2S/c1-16(7-8-17-5-3-2-4-6-17)25-21(28)15-30-23-27-26-22(29-23)24-12-18-9-19(13-24)11-20(10-18)14-24/h2-6,16,18-20H,7-15H2,1H3,(H,25,28)/t16-,18?,19?,20?,24?/m0/s1. The summed E-state index contributed by atoms with van der Waals surface area (Å²) >= 11 is 1.36. The smallest absolute Gasteiger partial charge is 0.277 e. The van der Waals surface area contributed by atoms with Crippen molar-refractivity contribution in [2.24, 2.45) is 17.8 Å². The van der Waals surface area contributed by atoms with Crippen LogP contribution in [0.1, 0.15) is 63.3 Å². The Balaban J connectivity index is 1.11. The van der Waals surface area contributed by atoms with Gasteiger partial charge in [0.2, 0.25) is 11.8 Å². The predicted octanol–water partition coefficient (Wildman–Crippen LogP) is 4.77. The molecule has 1 aromatic carbocycles. The number of rotatable bonds is 8. The lowest BCUT2D eigenvalue weighted by molar-refractivity contribution is -0.119. The SMILES string of the molecule is C[C@@H](CCc1ccccc1)NC(=O)CSc1nnc(C23CC4CC(CC(C4)C2)C3)o1. The zero-order chi connectivity index (χ0) is 20.6. The molecule has 30 heavy (non-hydrogen) atoms. The summed E-state index contributed by atoms with van der Waals surface area (Å²) in [6.45, 7) is 2.06. The molecule has 1 amide bonds. The maximum atomic E-state index is 12.3. The average molecular weight is 426 g/mol. The zero-order valence-electron chi connectivity index (χ0n) is 17.7. The van der Waals surface area contributed by atoms with Crippen LogP contribution in [0, 0.1) is 17.8 Å². The third-order valence-electron chi connectivity index (χ3n) is 7.34. The van der Waals surface area contributed by atoms with Gasteiger partial charge in [0.05, 0.1) is 5.75 Å². The van der Waals surface area contributed by atoms with Crippen molar-refractivity contribution in [3.8, 4) is 0 Å². The fourth-order valence-corrected chi connectivity index (χ4v) is 6.97. The maximum absolute atomic E-state index is 12.3. The van der Waals surface area contributed by atoms with E-state index in [-0.39, 0.29) is 17.4 Å². The molecule has 1 aromatic heterocycles. The van der Waals surface area contributed by atoms with E-state index in [1.165, 1.54) is 55.9 Å². The van der Waals surface area contributed by atoms with E-state index < -0.39 is 0 Å². The molecular formula is C24H31N3O2S. The summed E-state index contributed by atoms with van der Waals surface area (Å²) < 4.78 is 6.09. The third-order valence-corrected chi connectivity index (χ3v) is 8.16. The molecule has 0 spiro atoms. The van der Waals surface area contributed by atoms with Crippen LogP contribution in [-0.4, -0.2) is 27.9 Å². The molecule has 1 atom stereocenters. The van der Waals surface area contributed by atoms with Crippen molar-refractivity contribution < 1.29 is 9.21 Å². The first-order valence-electron chi connectivity index (χ1n) is 11.4. The molecule has 1 N–H and O–H groups in total. The largest absolute Gasteiger partial charge is 0.415 e. The fraction of sp³-hybridized carbons (Fsp3) is 0.625. The fourth-order valence-electron chi connectivity index (χ4n) is 6.40. The number of amides is 1. The molecule has 0 unspecified atom stereocenters. The Labute approximate surface area is 182 Å². The first-order valence-corrected chi connectivity index (χ1v) is 12.4. The normalized spacial score (nSPS) is 30.4. The van der Waals surface area contributed by atoms with Crippen LogP contribution in [0.2, 0.25) is 0 Å². The number of benzene rings is 1. The molecule has 0 radical (unpaired) electrons. The number of nitrogens with one attached hydrogen (secondary N) is 1. The van der Waals surface area contributed by atoms with Gasteiger partial charge in [-0.2, -0.15) is 0 Å². The second kappa shape index (κ2) is 8.37. The van der Waals surface area contributed by atoms with Crippen molar-refractivity contribution in [2.45, 2.75) is 75.0 Å². The van der Waals surface area contributed by atoms with Gasteiger partial charge >= 0.3 is 0 Å². The second-order valence-electron chi connectivity index (χ2n) is 9.85. The van der Waals surface area contributed by atoms with Gasteiger partial charge in [0.25, 0.3) is 5.22 Å². The Hall–Kier alpha value is -1.82. The summed E-state index contributed by atoms with van der Waals surface area (Å²) in [4.78, 5) is 12.3. The van der Waals surface area contributed by atoms with Gasteiger partial charge in [-0.1, -0.05) is 42.1 Å². The molecule has 4 fully saturated rings. The molecule has 6 rings (SSSR count). The highest BCUT2D eigenvalue weighted by molar-refractivity contribution is 7.99. The second-order valence-corrected chi connectivity index (χ2v) is 10.8. The van der Waals surface area contributed by atoms with Crippen LogP contribution < -0.4 is 5.32 Å². The number of nitrogens with zero attached hydrogens (tertiary/aromatic N) is 2. The van der Waals surface area contributed by atoms with Crippen LogP contribution in [0.4, 0.5) is 0 Å². The van der Waals surface area contributed by atoms with Crippen LogP contribution >= 0.6 is 11.8 Å². The lowest BCUT2D eigenvalue weighted by Crippen LogP contribution is -2.48. The molecule has 4 bridgehead atoms. The molecule has 6 heteroatoms. The van der Waals surface area contributed by atoms with Gasteiger partial charge in [-0.25, -0.2) is 0 Å². The number of thioether (sulfide) groups is 1. The van der Waals surface area contributed by atoms with Crippen molar-refractivity contribution in [1.29, 1.82) is 0 Å². The van der Waals surface area contributed by atoms with Gasteiger partial charge < -0.3 is 9.73 Å². The minimum Gasteiger partial charge on any atom is -0.415 e. The van der Waals surface area contributed by atoms with E-state index in [1.807, 2.05) is 6.07 Å². The number of hydrogen-bond donors (Lipinski definition) is 1. The Morgan fingerprint density at radius 1 is 1.13 bits per heavy atom. The minimum atomic E-state index is 0.0233. The summed E-state index contributed by atoms with van der Waals surface area (Å²) in [6.07, 6.45) is 9.73. The molecule has 4 saturated carbocycles. The Kier molecular flexibility index (Phi) is 5.61. The van der Waals surface area contributed by atoms with Crippen molar-refractivity contribution in [1.82, 2.24) is 15.5 Å². The lowest BCUT2D eigenvalue weighted by atomic mass is 9.49. The Bertz CT molecular complexity index is 846. The number of hydrogen-bond acceptors (Lipinski definition) is 5. The minimum absolute atomic E-state index is 0.0233. The molecule has 5 nitrogen and oxygen atoms in total. The summed E-state index contributed by atoms with van der Waals surface area (Å²) in [7, 11) is 0. The van der Waals surface area contributed by atoms with E-state index in [2.05, 4.69) is 46.7 Å². The van der Waals surface area contributed by atoms with Crippen molar-refractivity contribution in [3.63, 3.8) is 0 Å². The molecule has 2 aromatic rings. The summed E-state index contributed by atoms with van der Waals surface area (Å²) in [6, 6.07) is 10.5. The van der Waals surface area contributed by atoms with Crippen LogP contribution in [0.25, 0.3) is 0 Å². The molecule has 4 aliphatic carbocycles. The Morgan fingerprint density at radius 3 is 2.47 bits per heavy atom. The van der Waals surface area contributed by atoms with Crippen LogP contribution in [0.3, 0.4) is 0 Å². The molecule has 0 aliphatic heterocycles.